The predicted molar refractivity (Wildman–Crippen MR) is 135 cm³/mol. The fraction of sp³-hybridized carbons (Fsp3) is 0.556. The van der Waals surface area contributed by atoms with E-state index in [2.05, 4.69) is 52.5 Å². The Bertz CT molecular complexity index is 746. The Morgan fingerprint density at radius 1 is 0.967 bits per heavy atom. The van der Waals surface area contributed by atoms with Crippen LogP contribution in [0.2, 0.25) is 0 Å². The second-order valence-corrected chi connectivity index (χ2v) is 9.18. The topological polar surface area (TPSA) is 9.23 Å². The minimum Gasteiger partial charge on any atom is -0.457 e. The molecule has 2 aromatic rings. The Morgan fingerprint density at radius 3 is 2.33 bits per heavy atom. The van der Waals surface area contributed by atoms with Crippen LogP contribution < -0.4 is 4.74 Å². The van der Waals surface area contributed by atoms with Gasteiger partial charge in [-0.05, 0) is 66.2 Å². The molecule has 3 heteroatoms. The van der Waals surface area contributed by atoms with Gasteiger partial charge in [0.05, 0.1) is 7.85 Å². The van der Waals surface area contributed by atoms with Crippen LogP contribution in [0, 0.1) is 18.8 Å². The summed E-state index contributed by atoms with van der Waals surface area (Å²) < 4.78 is 6.31. The van der Waals surface area contributed by atoms with Crippen molar-refractivity contribution in [3.05, 3.63) is 59.2 Å². The number of hydrogen-bond acceptors (Lipinski definition) is 2. The highest BCUT2D eigenvalue weighted by Crippen LogP contribution is 2.36. The van der Waals surface area contributed by atoms with E-state index in [1.165, 1.54) is 42.4 Å². The fourth-order valence-corrected chi connectivity index (χ4v) is 4.76. The highest BCUT2D eigenvalue weighted by atomic mass is 32.1. The van der Waals surface area contributed by atoms with Crippen LogP contribution in [0.1, 0.15) is 81.8 Å². The van der Waals surface area contributed by atoms with Crippen molar-refractivity contribution in [1.82, 2.24) is 0 Å². The zero-order valence-electron chi connectivity index (χ0n) is 19.4. The van der Waals surface area contributed by atoms with Crippen molar-refractivity contribution in [3.8, 4) is 11.5 Å². The number of aryl methyl sites for hydroxylation is 1. The summed E-state index contributed by atoms with van der Waals surface area (Å²) >= 11 is 4.51. The largest absolute Gasteiger partial charge is 0.457 e. The first kappa shape index (κ1) is 24.9. The molecule has 0 bridgehead atoms. The number of para-hydroxylation sites is 1. The lowest BCUT2D eigenvalue weighted by molar-refractivity contribution is 0.367. The van der Waals surface area contributed by atoms with E-state index in [1.807, 2.05) is 30.3 Å². The van der Waals surface area contributed by atoms with E-state index >= 15 is 0 Å². The number of rotatable bonds is 13. The molecule has 3 unspecified atom stereocenters. The number of benzene rings is 2. The summed E-state index contributed by atoms with van der Waals surface area (Å²) in [4.78, 5) is 0. The zero-order chi connectivity index (χ0) is 21.9. The van der Waals surface area contributed by atoms with Crippen LogP contribution in [0.3, 0.4) is 0 Å². The monoisotopic (exact) mass is 422 g/mol. The summed E-state index contributed by atoms with van der Waals surface area (Å²) in [6, 6.07) is 14.4. The Morgan fingerprint density at radius 2 is 1.70 bits per heavy atom. The van der Waals surface area contributed by atoms with Gasteiger partial charge in [-0.1, -0.05) is 89.0 Å². The van der Waals surface area contributed by atoms with Crippen molar-refractivity contribution in [2.24, 2.45) is 11.8 Å². The first-order chi connectivity index (χ1) is 14.5. The normalized spacial score (nSPS) is 14.3. The summed E-state index contributed by atoms with van der Waals surface area (Å²) in [7, 11) is 6.77. The van der Waals surface area contributed by atoms with Gasteiger partial charge in [0.2, 0.25) is 0 Å². The maximum Gasteiger partial charge on any atom is 0.133 e. The molecule has 0 aromatic heterocycles. The van der Waals surface area contributed by atoms with Gasteiger partial charge in [-0.3, -0.25) is 0 Å². The van der Waals surface area contributed by atoms with E-state index in [0.717, 1.165) is 42.4 Å². The van der Waals surface area contributed by atoms with Crippen molar-refractivity contribution in [3.63, 3.8) is 0 Å². The molecule has 0 saturated heterocycles. The summed E-state index contributed by atoms with van der Waals surface area (Å²) in [5.74, 6) is 4.22. The molecule has 0 heterocycles. The Labute approximate surface area is 191 Å². The fourth-order valence-electron chi connectivity index (χ4n) is 4.40. The van der Waals surface area contributed by atoms with Gasteiger partial charge in [-0.15, -0.1) is 0 Å². The highest BCUT2D eigenvalue weighted by molar-refractivity contribution is 7.80. The molecule has 2 aromatic carbocycles. The van der Waals surface area contributed by atoms with E-state index in [-0.39, 0.29) is 5.82 Å². The van der Waals surface area contributed by atoms with Gasteiger partial charge in [0, 0.05) is 0 Å². The second-order valence-electron chi connectivity index (χ2n) is 8.73. The quantitative estimate of drug-likeness (QED) is 0.253. The molecular formula is C27H39BOS. The molecule has 1 nitrogen and oxygen atoms in total. The molecule has 0 aliphatic rings. The van der Waals surface area contributed by atoms with Crippen LogP contribution in [0.25, 0.3) is 0 Å². The van der Waals surface area contributed by atoms with Crippen LogP contribution in [0.4, 0.5) is 0 Å². The smallest absolute Gasteiger partial charge is 0.133 e. The van der Waals surface area contributed by atoms with E-state index in [0.29, 0.717) is 5.92 Å². The molecule has 3 atom stereocenters. The van der Waals surface area contributed by atoms with Gasteiger partial charge in [-0.25, -0.2) is 0 Å². The lowest BCUT2D eigenvalue weighted by atomic mass is 9.71. The highest BCUT2D eigenvalue weighted by Gasteiger charge is 2.19. The molecule has 2 rings (SSSR count). The third kappa shape index (κ3) is 7.41. The molecule has 0 spiro atoms. The average Bonchev–Trinajstić information content (AvgIpc) is 2.74. The molecule has 0 aliphatic carbocycles. The van der Waals surface area contributed by atoms with Gasteiger partial charge in [0.1, 0.15) is 11.5 Å². The minimum absolute atomic E-state index is 0.0281. The molecule has 0 saturated carbocycles. The van der Waals surface area contributed by atoms with Crippen LogP contribution >= 0.6 is 12.6 Å². The van der Waals surface area contributed by atoms with Crippen LogP contribution in [0.5, 0.6) is 11.5 Å². The summed E-state index contributed by atoms with van der Waals surface area (Å²) in [6.45, 7) is 8.98. The Kier molecular flexibility index (Phi) is 10.9. The molecule has 0 amide bonds. The maximum absolute atomic E-state index is 6.77. The van der Waals surface area contributed by atoms with Gasteiger partial charge in [0.25, 0.3) is 0 Å². The van der Waals surface area contributed by atoms with E-state index in [1.54, 1.807) is 0 Å². The Hall–Kier alpha value is -1.35. The summed E-state index contributed by atoms with van der Waals surface area (Å²) in [6.07, 6.45) is 8.20. The van der Waals surface area contributed by atoms with Gasteiger partial charge in [-0.2, -0.15) is 12.6 Å². The van der Waals surface area contributed by atoms with E-state index in [9.17, 15) is 0 Å². The molecule has 2 radical (unpaired) electrons. The first-order valence-corrected chi connectivity index (χ1v) is 12.3. The molecular weight excluding hydrogens is 383 g/mol. The first-order valence-electron chi connectivity index (χ1n) is 11.7. The lowest BCUT2D eigenvalue weighted by Gasteiger charge is -2.25. The molecule has 0 N–H and O–H groups in total. The second kappa shape index (κ2) is 13.1. The van der Waals surface area contributed by atoms with Crippen molar-refractivity contribution in [1.29, 1.82) is 0 Å². The van der Waals surface area contributed by atoms with Crippen molar-refractivity contribution < 1.29 is 4.74 Å². The standard InChI is InChI=1S/C27H39BOS/c1-5-10-20(3)13-14-22(17-18-30)19-26(28)25-16-15-23(6-2)27(21(25)4)29-24-11-8-7-9-12-24/h7-9,11-12,15-16,20,22,26,30H,5-6,10,13-14,17-19H2,1-4H3. The van der Waals surface area contributed by atoms with Crippen LogP contribution in [-0.4, -0.2) is 13.6 Å². The number of thiol groups is 1. The van der Waals surface area contributed by atoms with E-state index in [4.69, 9.17) is 12.6 Å². The van der Waals surface area contributed by atoms with Crippen LogP contribution in [0.15, 0.2) is 42.5 Å². The molecule has 0 fully saturated rings. The van der Waals surface area contributed by atoms with Crippen molar-refractivity contribution in [2.75, 3.05) is 5.75 Å². The van der Waals surface area contributed by atoms with Crippen molar-refractivity contribution >= 4 is 20.5 Å². The Balaban J connectivity index is 2.16. The van der Waals surface area contributed by atoms with Gasteiger partial charge >= 0.3 is 0 Å². The summed E-state index contributed by atoms with van der Waals surface area (Å²) in [5, 5.41) is 0. The molecule has 0 aliphatic heterocycles. The number of hydrogen-bond donors (Lipinski definition) is 1. The predicted octanol–water partition coefficient (Wildman–Crippen LogP) is 8.10. The van der Waals surface area contributed by atoms with Crippen LogP contribution in [-0.2, 0) is 6.42 Å². The van der Waals surface area contributed by atoms with Gasteiger partial charge < -0.3 is 4.74 Å². The third-order valence-electron chi connectivity index (χ3n) is 6.25. The van der Waals surface area contributed by atoms with Crippen molar-refractivity contribution in [2.45, 2.75) is 78.5 Å². The molecule has 30 heavy (non-hydrogen) atoms. The van der Waals surface area contributed by atoms with E-state index < -0.39 is 0 Å². The lowest BCUT2D eigenvalue weighted by Crippen LogP contribution is -2.12. The maximum atomic E-state index is 6.77. The summed E-state index contributed by atoms with van der Waals surface area (Å²) in [5.41, 5.74) is 3.62. The molecule has 162 valence electrons. The number of ether oxygens (including phenoxy) is 1. The van der Waals surface area contributed by atoms with Gasteiger partial charge in [0.15, 0.2) is 0 Å². The third-order valence-corrected chi connectivity index (χ3v) is 6.50. The SMILES string of the molecule is [B]C(CC(CCS)CCC(C)CCC)c1ccc(CC)c(Oc2ccccc2)c1C. The average molecular weight is 422 g/mol. The minimum atomic E-state index is 0.0281. The zero-order valence-corrected chi connectivity index (χ0v) is 20.3.